The first-order valence-electron chi connectivity index (χ1n) is 5.59. The second kappa shape index (κ2) is 5.05. The fourth-order valence-electron chi connectivity index (χ4n) is 1.98. The van der Waals surface area contributed by atoms with Gasteiger partial charge in [0.05, 0.1) is 5.51 Å². The largest absolute Gasteiger partial charge is 0.298 e. The van der Waals surface area contributed by atoms with E-state index in [4.69, 9.17) is 0 Å². The summed E-state index contributed by atoms with van der Waals surface area (Å²) in [5, 5.41) is 0. The van der Waals surface area contributed by atoms with Gasteiger partial charge < -0.3 is 0 Å². The van der Waals surface area contributed by atoms with Crippen LogP contribution in [0.3, 0.4) is 0 Å². The van der Waals surface area contributed by atoms with Gasteiger partial charge in [0.15, 0.2) is 0 Å². The van der Waals surface area contributed by atoms with Crippen LogP contribution >= 0.6 is 11.3 Å². The van der Waals surface area contributed by atoms with E-state index in [1.54, 1.807) is 11.3 Å². The van der Waals surface area contributed by atoms with Crippen molar-refractivity contribution in [3.8, 4) is 0 Å². The monoisotopic (exact) mass is 225 g/mol. The zero-order valence-corrected chi connectivity index (χ0v) is 10.3. The molecule has 1 aromatic rings. The van der Waals surface area contributed by atoms with Gasteiger partial charge in [-0.1, -0.05) is 0 Å². The van der Waals surface area contributed by atoms with Crippen LogP contribution in [0.25, 0.3) is 0 Å². The van der Waals surface area contributed by atoms with E-state index in [0.717, 1.165) is 6.54 Å². The summed E-state index contributed by atoms with van der Waals surface area (Å²) in [4.78, 5) is 10.6. The van der Waals surface area contributed by atoms with Gasteiger partial charge >= 0.3 is 0 Å². The Kier molecular flexibility index (Phi) is 3.72. The molecule has 1 aromatic heterocycles. The standard InChI is InChI=1S/C11H19N3S/c1-10(2)14-5-3-13(4-6-14)8-11-7-12-9-15-11/h7,9-10H,3-6,8H2,1-2H3. The number of thiazole rings is 1. The maximum atomic E-state index is 4.11. The first-order chi connectivity index (χ1) is 7.25. The molecule has 1 saturated heterocycles. The Morgan fingerprint density at radius 2 is 2.07 bits per heavy atom. The molecule has 0 unspecified atom stereocenters. The molecule has 4 heteroatoms. The molecule has 2 rings (SSSR count). The lowest BCUT2D eigenvalue weighted by Crippen LogP contribution is -2.48. The van der Waals surface area contributed by atoms with Crippen molar-refractivity contribution in [1.82, 2.24) is 14.8 Å². The summed E-state index contributed by atoms with van der Waals surface area (Å²) in [6, 6.07) is 0.690. The Balaban J connectivity index is 1.79. The van der Waals surface area contributed by atoms with Crippen LogP contribution in [0.15, 0.2) is 11.7 Å². The summed E-state index contributed by atoms with van der Waals surface area (Å²) >= 11 is 1.76. The van der Waals surface area contributed by atoms with Crippen molar-refractivity contribution in [3.05, 3.63) is 16.6 Å². The van der Waals surface area contributed by atoms with Crippen molar-refractivity contribution in [3.63, 3.8) is 0 Å². The van der Waals surface area contributed by atoms with E-state index in [0.29, 0.717) is 6.04 Å². The topological polar surface area (TPSA) is 19.4 Å². The fourth-order valence-corrected chi connectivity index (χ4v) is 2.61. The van der Waals surface area contributed by atoms with Crippen molar-refractivity contribution < 1.29 is 0 Å². The molecule has 84 valence electrons. The van der Waals surface area contributed by atoms with Crippen molar-refractivity contribution in [2.75, 3.05) is 26.2 Å². The number of hydrogen-bond donors (Lipinski definition) is 0. The number of aromatic nitrogens is 1. The molecular weight excluding hydrogens is 206 g/mol. The van der Waals surface area contributed by atoms with Crippen LogP contribution < -0.4 is 0 Å². The summed E-state index contributed by atoms with van der Waals surface area (Å²) < 4.78 is 0. The average molecular weight is 225 g/mol. The summed E-state index contributed by atoms with van der Waals surface area (Å²) in [6.07, 6.45) is 1.99. The van der Waals surface area contributed by atoms with Crippen LogP contribution in [0.5, 0.6) is 0 Å². The van der Waals surface area contributed by atoms with E-state index >= 15 is 0 Å². The lowest BCUT2D eigenvalue weighted by atomic mass is 10.2. The zero-order valence-electron chi connectivity index (χ0n) is 9.52. The predicted octanol–water partition coefficient (Wildman–Crippen LogP) is 1.67. The second-order valence-corrected chi connectivity index (χ2v) is 5.34. The molecule has 0 aromatic carbocycles. The van der Waals surface area contributed by atoms with Gasteiger partial charge in [-0.05, 0) is 13.8 Å². The van der Waals surface area contributed by atoms with Gasteiger partial charge in [-0.2, -0.15) is 0 Å². The average Bonchev–Trinajstić information content (AvgIpc) is 2.71. The van der Waals surface area contributed by atoms with E-state index < -0.39 is 0 Å². The maximum absolute atomic E-state index is 4.11. The SMILES string of the molecule is CC(C)N1CCN(Cc2cncs2)CC1. The molecule has 1 aliphatic rings. The van der Waals surface area contributed by atoms with Crippen molar-refractivity contribution in [1.29, 1.82) is 0 Å². The molecule has 0 radical (unpaired) electrons. The molecule has 2 heterocycles. The van der Waals surface area contributed by atoms with Gasteiger partial charge in [0, 0.05) is 49.8 Å². The normalized spacial score (nSPS) is 19.9. The van der Waals surface area contributed by atoms with E-state index in [9.17, 15) is 0 Å². The molecule has 0 amide bonds. The maximum Gasteiger partial charge on any atom is 0.0794 e. The van der Waals surface area contributed by atoms with Gasteiger partial charge in [0.25, 0.3) is 0 Å². The molecule has 0 N–H and O–H groups in total. The summed E-state index contributed by atoms with van der Waals surface area (Å²) in [5.74, 6) is 0. The summed E-state index contributed by atoms with van der Waals surface area (Å²) in [5.41, 5.74) is 1.92. The minimum atomic E-state index is 0.690. The smallest absolute Gasteiger partial charge is 0.0794 e. The third-order valence-corrected chi connectivity index (χ3v) is 3.76. The molecule has 0 atom stereocenters. The predicted molar refractivity (Wildman–Crippen MR) is 64.1 cm³/mol. The third-order valence-electron chi connectivity index (χ3n) is 3.00. The van der Waals surface area contributed by atoms with Crippen LogP contribution in [-0.2, 0) is 6.54 Å². The Morgan fingerprint density at radius 3 is 2.60 bits per heavy atom. The van der Waals surface area contributed by atoms with E-state index in [2.05, 4.69) is 28.6 Å². The summed E-state index contributed by atoms with van der Waals surface area (Å²) in [6.45, 7) is 10.4. The quantitative estimate of drug-likeness (QED) is 0.780. The Bertz CT molecular complexity index is 276. The lowest BCUT2D eigenvalue weighted by Gasteiger charge is -2.36. The highest BCUT2D eigenvalue weighted by Gasteiger charge is 2.18. The van der Waals surface area contributed by atoms with Crippen molar-refractivity contribution >= 4 is 11.3 Å². The molecule has 0 saturated carbocycles. The molecule has 0 aliphatic carbocycles. The Hall–Kier alpha value is -0.450. The second-order valence-electron chi connectivity index (χ2n) is 4.37. The number of piperazine rings is 1. The minimum absolute atomic E-state index is 0.690. The van der Waals surface area contributed by atoms with Crippen LogP contribution in [0.2, 0.25) is 0 Å². The molecule has 1 aliphatic heterocycles. The Labute approximate surface area is 95.7 Å². The van der Waals surface area contributed by atoms with Crippen LogP contribution in [0.1, 0.15) is 18.7 Å². The Morgan fingerprint density at radius 1 is 1.33 bits per heavy atom. The van der Waals surface area contributed by atoms with E-state index in [1.165, 1.54) is 31.1 Å². The molecule has 0 spiro atoms. The number of rotatable bonds is 3. The lowest BCUT2D eigenvalue weighted by molar-refractivity contribution is 0.105. The first kappa shape index (κ1) is 11.0. The van der Waals surface area contributed by atoms with Gasteiger partial charge in [0.1, 0.15) is 0 Å². The molecule has 1 fully saturated rings. The van der Waals surface area contributed by atoms with E-state index in [-0.39, 0.29) is 0 Å². The molecule has 0 bridgehead atoms. The van der Waals surface area contributed by atoms with Gasteiger partial charge in [-0.25, -0.2) is 0 Å². The van der Waals surface area contributed by atoms with E-state index in [1.807, 2.05) is 11.7 Å². The van der Waals surface area contributed by atoms with Gasteiger partial charge in [-0.3, -0.25) is 14.8 Å². The summed E-state index contributed by atoms with van der Waals surface area (Å²) in [7, 11) is 0. The van der Waals surface area contributed by atoms with Crippen LogP contribution in [0, 0.1) is 0 Å². The molecule has 15 heavy (non-hydrogen) atoms. The zero-order chi connectivity index (χ0) is 10.7. The van der Waals surface area contributed by atoms with Crippen molar-refractivity contribution in [2.24, 2.45) is 0 Å². The van der Waals surface area contributed by atoms with Gasteiger partial charge in [0.2, 0.25) is 0 Å². The fraction of sp³-hybridized carbons (Fsp3) is 0.727. The number of nitrogens with zero attached hydrogens (tertiary/aromatic N) is 3. The number of hydrogen-bond acceptors (Lipinski definition) is 4. The first-order valence-corrected chi connectivity index (χ1v) is 6.47. The van der Waals surface area contributed by atoms with Crippen LogP contribution in [-0.4, -0.2) is 47.0 Å². The van der Waals surface area contributed by atoms with Gasteiger partial charge in [-0.15, -0.1) is 11.3 Å². The molecule has 3 nitrogen and oxygen atoms in total. The molecular formula is C11H19N3S. The highest BCUT2D eigenvalue weighted by molar-refractivity contribution is 7.09. The minimum Gasteiger partial charge on any atom is -0.298 e. The highest BCUT2D eigenvalue weighted by atomic mass is 32.1. The van der Waals surface area contributed by atoms with Crippen molar-refractivity contribution in [2.45, 2.75) is 26.4 Å². The highest BCUT2D eigenvalue weighted by Crippen LogP contribution is 2.12. The third kappa shape index (κ3) is 3.00. The van der Waals surface area contributed by atoms with Crippen LogP contribution in [0.4, 0.5) is 0 Å².